The van der Waals surface area contributed by atoms with Gasteiger partial charge in [0.1, 0.15) is 0 Å². The maximum absolute atomic E-state index is 13.2. The average molecular weight is 425 g/mol. The standard InChI is InChI=1S/C24H22F3N3O/c25-24(26,27)20-10-4-8-18(15-20)22-23(29-12-11-28-22)19-9-5-13-30(16-19)21(31)14-17-6-2-1-3-7-17/h1-4,6-8,10-12,15,19H,5,9,13-14,16H2. The SMILES string of the molecule is O=C(Cc1ccccc1)N1CCCC(c2nccnc2-c2cccc(C(F)(F)F)c2)C1. The van der Waals surface area contributed by atoms with Crippen LogP contribution < -0.4 is 0 Å². The summed E-state index contributed by atoms with van der Waals surface area (Å²) in [6.07, 6.45) is 0.555. The normalized spacial score (nSPS) is 16.9. The van der Waals surface area contributed by atoms with Gasteiger partial charge in [-0.1, -0.05) is 42.5 Å². The van der Waals surface area contributed by atoms with E-state index in [9.17, 15) is 18.0 Å². The molecule has 0 aliphatic carbocycles. The molecular weight excluding hydrogens is 403 g/mol. The van der Waals surface area contributed by atoms with E-state index in [1.807, 2.05) is 35.2 Å². The molecule has 0 N–H and O–H groups in total. The van der Waals surface area contributed by atoms with Crippen molar-refractivity contribution in [1.82, 2.24) is 14.9 Å². The molecule has 0 bridgehead atoms. The lowest BCUT2D eigenvalue weighted by atomic mass is 9.91. The van der Waals surface area contributed by atoms with Crippen LogP contribution in [0, 0.1) is 0 Å². The molecule has 3 aromatic rings. The summed E-state index contributed by atoms with van der Waals surface area (Å²) in [6, 6.07) is 14.7. The molecule has 1 aliphatic heterocycles. The minimum atomic E-state index is -4.43. The number of hydrogen-bond acceptors (Lipinski definition) is 3. The highest BCUT2D eigenvalue weighted by Crippen LogP contribution is 2.35. The summed E-state index contributed by atoms with van der Waals surface area (Å²) in [4.78, 5) is 23.5. The Morgan fingerprint density at radius 3 is 2.58 bits per heavy atom. The number of carbonyl (C=O) groups excluding carboxylic acids is 1. The Kier molecular flexibility index (Phi) is 6.02. The van der Waals surface area contributed by atoms with Crippen LogP contribution in [0.25, 0.3) is 11.3 Å². The van der Waals surface area contributed by atoms with E-state index in [4.69, 9.17) is 0 Å². The molecule has 1 amide bonds. The molecular formula is C24H22F3N3O. The van der Waals surface area contributed by atoms with Crippen molar-refractivity contribution in [3.8, 4) is 11.3 Å². The number of hydrogen-bond donors (Lipinski definition) is 0. The fourth-order valence-corrected chi connectivity index (χ4v) is 4.02. The van der Waals surface area contributed by atoms with Gasteiger partial charge in [-0.25, -0.2) is 0 Å². The molecule has 2 aromatic carbocycles. The third kappa shape index (κ3) is 4.93. The molecule has 0 saturated carbocycles. The quantitative estimate of drug-likeness (QED) is 0.584. The Morgan fingerprint density at radius 1 is 1.03 bits per heavy atom. The predicted octanol–water partition coefficient (Wildman–Crippen LogP) is 5.11. The van der Waals surface area contributed by atoms with Gasteiger partial charge in [0.2, 0.25) is 5.91 Å². The average Bonchev–Trinajstić information content (AvgIpc) is 2.79. The first-order chi connectivity index (χ1) is 14.9. The summed E-state index contributed by atoms with van der Waals surface area (Å²) in [5.41, 5.74) is 1.70. The number of halogens is 3. The van der Waals surface area contributed by atoms with Crippen molar-refractivity contribution >= 4 is 5.91 Å². The lowest BCUT2D eigenvalue weighted by Gasteiger charge is -2.33. The fourth-order valence-electron chi connectivity index (χ4n) is 4.02. The highest BCUT2D eigenvalue weighted by atomic mass is 19.4. The van der Waals surface area contributed by atoms with Crippen molar-refractivity contribution in [2.24, 2.45) is 0 Å². The smallest absolute Gasteiger partial charge is 0.342 e. The zero-order valence-corrected chi connectivity index (χ0v) is 16.8. The van der Waals surface area contributed by atoms with Gasteiger partial charge < -0.3 is 4.90 Å². The molecule has 1 fully saturated rings. The number of nitrogens with zero attached hydrogens (tertiary/aromatic N) is 3. The molecule has 160 valence electrons. The van der Waals surface area contributed by atoms with E-state index in [1.54, 1.807) is 12.3 Å². The Morgan fingerprint density at radius 2 is 1.81 bits per heavy atom. The zero-order valence-electron chi connectivity index (χ0n) is 16.8. The van der Waals surface area contributed by atoms with Crippen molar-refractivity contribution in [3.05, 3.63) is 83.8 Å². The highest BCUT2D eigenvalue weighted by Gasteiger charge is 2.32. The number of benzene rings is 2. The molecule has 0 radical (unpaired) electrons. The Balaban J connectivity index is 1.57. The molecule has 1 unspecified atom stereocenters. The van der Waals surface area contributed by atoms with Gasteiger partial charge >= 0.3 is 6.18 Å². The van der Waals surface area contributed by atoms with E-state index >= 15 is 0 Å². The number of aromatic nitrogens is 2. The minimum absolute atomic E-state index is 0.0420. The minimum Gasteiger partial charge on any atom is -0.342 e. The first kappa shape index (κ1) is 21.0. The molecule has 4 rings (SSSR count). The van der Waals surface area contributed by atoms with Gasteiger partial charge in [0.05, 0.1) is 23.4 Å². The Bertz CT molecular complexity index is 1050. The number of carbonyl (C=O) groups is 1. The third-order valence-electron chi connectivity index (χ3n) is 5.55. The van der Waals surface area contributed by atoms with Crippen LogP contribution in [0.1, 0.15) is 35.6 Å². The van der Waals surface area contributed by atoms with E-state index in [2.05, 4.69) is 9.97 Å². The van der Waals surface area contributed by atoms with Crippen molar-refractivity contribution in [2.45, 2.75) is 31.4 Å². The van der Waals surface area contributed by atoms with Crippen molar-refractivity contribution in [2.75, 3.05) is 13.1 Å². The summed E-state index contributed by atoms with van der Waals surface area (Å²) in [7, 11) is 0. The zero-order chi connectivity index (χ0) is 21.8. The number of amides is 1. The van der Waals surface area contributed by atoms with Crippen molar-refractivity contribution < 1.29 is 18.0 Å². The van der Waals surface area contributed by atoms with Gasteiger partial charge in [0, 0.05) is 37.0 Å². The number of piperidine rings is 1. The first-order valence-electron chi connectivity index (χ1n) is 10.2. The summed E-state index contributed by atoms with van der Waals surface area (Å²) in [6.45, 7) is 1.15. The van der Waals surface area contributed by atoms with Crippen LogP contribution in [0.15, 0.2) is 67.0 Å². The van der Waals surface area contributed by atoms with Gasteiger partial charge in [-0.15, -0.1) is 0 Å². The predicted molar refractivity (Wildman–Crippen MR) is 111 cm³/mol. The first-order valence-corrected chi connectivity index (χ1v) is 10.2. The molecule has 1 saturated heterocycles. The lowest BCUT2D eigenvalue weighted by molar-refractivity contribution is -0.137. The van der Waals surface area contributed by atoms with Crippen LogP contribution >= 0.6 is 0 Å². The van der Waals surface area contributed by atoms with Crippen LogP contribution in [-0.4, -0.2) is 33.9 Å². The second-order valence-corrected chi connectivity index (χ2v) is 7.71. The highest BCUT2D eigenvalue weighted by molar-refractivity contribution is 5.79. The second-order valence-electron chi connectivity index (χ2n) is 7.71. The fraction of sp³-hybridized carbons (Fsp3) is 0.292. The van der Waals surface area contributed by atoms with Gasteiger partial charge in [-0.3, -0.25) is 14.8 Å². The van der Waals surface area contributed by atoms with Crippen LogP contribution in [0.2, 0.25) is 0 Å². The summed E-state index contributed by atoms with van der Waals surface area (Å²) in [5, 5.41) is 0. The molecule has 31 heavy (non-hydrogen) atoms. The van der Waals surface area contributed by atoms with Gasteiger partial charge in [-0.05, 0) is 30.5 Å². The summed E-state index contributed by atoms with van der Waals surface area (Å²) in [5.74, 6) is -0.0351. The maximum atomic E-state index is 13.2. The molecule has 4 nitrogen and oxygen atoms in total. The molecule has 2 heterocycles. The molecule has 7 heteroatoms. The summed E-state index contributed by atoms with van der Waals surface area (Å²) >= 11 is 0. The number of likely N-dealkylation sites (tertiary alicyclic amines) is 1. The number of rotatable bonds is 4. The molecule has 1 aliphatic rings. The molecule has 0 spiro atoms. The van der Waals surface area contributed by atoms with Crippen LogP contribution in [0.4, 0.5) is 13.2 Å². The number of alkyl halides is 3. The van der Waals surface area contributed by atoms with Crippen LogP contribution in [-0.2, 0) is 17.4 Å². The van der Waals surface area contributed by atoms with Crippen molar-refractivity contribution in [1.29, 1.82) is 0 Å². The van der Waals surface area contributed by atoms with E-state index in [0.29, 0.717) is 36.5 Å². The Labute approximate surface area is 178 Å². The van der Waals surface area contributed by atoms with Gasteiger partial charge in [-0.2, -0.15) is 13.2 Å². The largest absolute Gasteiger partial charge is 0.416 e. The monoisotopic (exact) mass is 425 g/mol. The van der Waals surface area contributed by atoms with Gasteiger partial charge in [0.15, 0.2) is 0 Å². The van der Waals surface area contributed by atoms with Crippen molar-refractivity contribution in [3.63, 3.8) is 0 Å². The molecule has 1 aromatic heterocycles. The van der Waals surface area contributed by atoms with Crippen LogP contribution in [0.3, 0.4) is 0 Å². The third-order valence-corrected chi connectivity index (χ3v) is 5.55. The van der Waals surface area contributed by atoms with E-state index in [-0.39, 0.29) is 11.8 Å². The topological polar surface area (TPSA) is 46.1 Å². The summed E-state index contributed by atoms with van der Waals surface area (Å²) < 4.78 is 39.5. The van der Waals surface area contributed by atoms with E-state index in [1.165, 1.54) is 12.3 Å². The van der Waals surface area contributed by atoms with E-state index < -0.39 is 11.7 Å². The van der Waals surface area contributed by atoms with Gasteiger partial charge in [0.25, 0.3) is 0 Å². The van der Waals surface area contributed by atoms with Crippen LogP contribution in [0.5, 0.6) is 0 Å². The second kappa shape index (κ2) is 8.88. The van der Waals surface area contributed by atoms with E-state index in [0.717, 1.165) is 30.5 Å². The molecule has 1 atom stereocenters. The Hall–Kier alpha value is -3.22. The maximum Gasteiger partial charge on any atom is 0.416 e. The lowest BCUT2D eigenvalue weighted by Crippen LogP contribution is -2.40.